The van der Waals surface area contributed by atoms with Gasteiger partial charge in [-0.2, -0.15) is 0 Å². The zero-order valence-electron chi connectivity index (χ0n) is 40.1. The summed E-state index contributed by atoms with van der Waals surface area (Å²) >= 11 is 0. The minimum Gasteiger partial charge on any atom is -0.493 e. The van der Waals surface area contributed by atoms with E-state index in [2.05, 4.69) is 27.7 Å². The van der Waals surface area contributed by atoms with E-state index in [0.717, 1.165) is 47.9 Å². The number of aromatic carboxylic acids is 2. The van der Waals surface area contributed by atoms with Crippen LogP contribution in [0.15, 0.2) is 58.4 Å². The summed E-state index contributed by atoms with van der Waals surface area (Å²) in [6.07, 6.45) is 8.42. The number of pyridine rings is 2. The molecule has 4 heterocycles. The molecule has 2 fully saturated rings. The normalized spacial score (nSPS) is 19.5. The highest BCUT2D eigenvalue weighted by Crippen LogP contribution is 2.61. The number of rotatable bonds is 16. The maximum absolute atomic E-state index is 12.6. The molecule has 2 saturated carbocycles. The van der Waals surface area contributed by atoms with Gasteiger partial charge in [-0.3, -0.25) is 19.2 Å². The first-order valence-electron chi connectivity index (χ1n) is 23.4. The van der Waals surface area contributed by atoms with E-state index >= 15 is 0 Å². The number of benzene rings is 2. The van der Waals surface area contributed by atoms with Crippen molar-refractivity contribution >= 4 is 23.9 Å². The quantitative estimate of drug-likeness (QED) is 0.0795. The lowest BCUT2D eigenvalue weighted by Gasteiger charge is -2.40. The number of aromatic nitrogens is 2. The molecule has 0 bridgehead atoms. The van der Waals surface area contributed by atoms with Crippen LogP contribution in [0.4, 0.5) is 0 Å². The first kappa shape index (κ1) is 49.3. The van der Waals surface area contributed by atoms with Crippen LogP contribution in [0.2, 0.25) is 0 Å². The van der Waals surface area contributed by atoms with Gasteiger partial charge < -0.3 is 47.8 Å². The summed E-state index contributed by atoms with van der Waals surface area (Å²) < 4.78 is 37.1. The van der Waals surface area contributed by atoms with E-state index in [0.29, 0.717) is 73.7 Å². The molecule has 2 aromatic carbocycles. The fraction of sp³-hybridized carbons (Fsp3) is 0.500. The second-order valence-electron chi connectivity index (χ2n) is 19.1. The van der Waals surface area contributed by atoms with Crippen LogP contribution in [0.5, 0.6) is 23.0 Å². The number of carbonyl (C=O) groups is 4. The number of fused-ring (bicyclic) bond motifs is 12. The van der Waals surface area contributed by atoms with Crippen LogP contribution in [0, 0.1) is 10.8 Å². The zero-order chi connectivity index (χ0) is 49.2. The highest BCUT2D eigenvalue weighted by molar-refractivity contribution is 5.89. The van der Waals surface area contributed by atoms with Crippen molar-refractivity contribution in [2.75, 3.05) is 40.6 Å². The van der Waals surface area contributed by atoms with Crippen molar-refractivity contribution in [3.05, 3.63) is 91.5 Å². The second-order valence-corrected chi connectivity index (χ2v) is 19.1. The van der Waals surface area contributed by atoms with Crippen LogP contribution >= 0.6 is 0 Å². The maximum atomic E-state index is 12.6. The number of nitrogens with zero attached hydrogens (tertiary/aromatic N) is 2. The molecule has 2 aliphatic carbocycles. The summed E-state index contributed by atoms with van der Waals surface area (Å²) in [7, 11) is 3.11. The van der Waals surface area contributed by atoms with Crippen LogP contribution < -0.4 is 29.8 Å². The number of methoxy groups -OCH3 is 2. The van der Waals surface area contributed by atoms with E-state index in [1.807, 2.05) is 33.4 Å². The first-order chi connectivity index (χ1) is 32.3. The van der Waals surface area contributed by atoms with Crippen molar-refractivity contribution in [1.29, 1.82) is 0 Å². The highest BCUT2D eigenvalue weighted by atomic mass is 16.5. The number of ether oxygens (including phenoxy) is 6. The fourth-order valence-electron chi connectivity index (χ4n) is 10.9. The molecule has 2 aliphatic heterocycles. The third-order valence-corrected chi connectivity index (χ3v) is 14.0. The zero-order valence-corrected chi connectivity index (χ0v) is 40.1. The third kappa shape index (κ3) is 9.59. The molecule has 16 heteroatoms. The molecular weight excluding hydrogens is 877 g/mol. The van der Waals surface area contributed by atoms with Gasteiger partial charge >= 0.3 is 23.9 Å². The molecule has 0 radical (unpaired) electrons. The molecule has 16 nitrogen and oxygen atoms in total. The molecule has 0 saturated heterocycles. The lowest BCUT2D eigenvalue weighted by atomic mass is 9.77. The Bertz CT molecular complexity index is 2550. The summed E-state index contributed by atoms with van der Waals surface area (Å²) in [5.41, 5.74) is 3.58. The molecule has 4 atom stereocenters. The largest absolute Gasteiger partial charge is 0.493 e. The second kappa shape index (κ2) is 19.9. The molecule has 4 aliphatic rings. The van der Waals surface area contributed by atoms with Crippen molar-refractivity contribution in [2.24, 2.45) is 10.8 Å². The number of hydrogen-bond donors (Lipinski definition) is 2. The Morgan fingerprint density at radius 3 is 1.32 bits per heavy atom. The van der Waals surface area contributed by atoms with Gasteiger partial charge in [0.15, 0.2) is 33.9 Å². The molecule has 0 amide bonds. The monoisotopic (exact) mass is 938 g/mol. The Labute approximate surface area is 395 Å². The van der Waals surface area contributed by atoms with E-state index in [-0.39, 0.29) is 70.7 Å². The van der Waals surface area contributed by atoms with Crippen molar-refractivity contribution in [2.45, 2.75) is 117 Å². The number of carboxylic acids is 2. The molecule has 2 aromatic heterocycles. The van der Waals surface area contributed by atoms with Gasteiger partial charge in [0.05, 0.1) is 52.0 Å². The minimum atomic E-state index is -1.22. The summed E-state index contributed by atoms with van der Waals surface area (Å²) in [4.78, 5) is 71.8. The summed E-state index contributed by atoms with van der Waals surface area (Å²) in [6.45, 7) is 13.7. The number of esters is 2. The average molecular weight is 939 g/mol. The molecule has 8 rings (SSSR count). The number of hydrogen-bond acceptors (Lipinski definition) is 12. The van der Waals surface area contributed by atoms with E-state index < -0.39 is 22.8 Å². The van der Waals surface area contributed by atoms with Crippen molar-refractivity contribution < 1.29 is 57.8 Å². The minimum absolute atomic E-state index is 0.0127. The van der Waals surface area contributed by atoms with Gasteiger partial charge in [0, 0.05) is 72.4 Å². The lowest BCUT2D eigenvalue weighted by Crippen LogP contribution is -2.32. The standard InChI is InChI=1S/2C26H31NO7/c2*1-5-33-23(29)7-6-10-34-22-11-16-15-8-9-26(2,3)24(15)27-14-18(25(30)31)20(28)13-19(27)17(16)12-21(22)32-4/h2*11-15,24H,5-10H2,1-4H3,(H,30,31)/t2*15-,24+/m10/s1. The van der Waals surface area contributed by atoms with Gasteiger partial charge in [-0.05, 0) is 98.6 Å². The van der Waals surface area contributed by atoms with Crippen molar-refractivity contribution in [1.82, 2.24) is 9.13 Å². The van der Waals surface area contributed by atoms with Gasteiger partial charge in [-0.25, -0.2) is 9.59 Å². The van der Waals surface area contributed by atoms with Gasteiger partial charge in [0.2, 0.25) is 0 Å². The molecule has 364 valence electrons. The van der Waals surface area contributed by atoms with Crippen LogP contribution in [-0.2, 0) is 19.1 Å². The van der Waals surface area contributed by atoms with E-state index in [4.69, 9.17) is 28.4 Å². The van der Waals surface area contributed by atoms with Gasteiger partial charge in [-0.1, -0.05) is 27.7 Å². The van der Waals surface area contributed by atoms with Gasteiger partial charge in [0.1, 0.15) is 11.1 Å². The fourth-order valence-corrected chi connectivity index (χ4v) is 10.9. The molecule has 2 N–H and O–H groups in total. The lowest BCUT2D eigenvalue weighted by molar-refractivity contribution is -0.144. The Morgan fingerprint density at radius 2 is 0.985 bits per heavy atom. The Balaban J connectivity index is 0.000000201. The molecule has 68 heavy (non-hydrogen) atoms. The van der Waals surface area contributed by atoms with E-state index in [1.54, 1.807) is 28.1 Å². The first-order valence-corrected chi connectivity index (χ1v) is 23.4. The van der Waals surface area contributed by atoms with Gasteiger partial charge in [-0.15, -0.1) is 0 Å². The van der Waals surface area contributed by atoms with Crippen LogP contribution in [-0.4, -0.2) is 83.9 Å². The van der Waals surface area contributed by atoms with E-state index in [1.165, 1.54) is 24.5 Å². The summed E-state index contributed by atoms with van der Waals surface area (Å²) in [6, 6.07) is 10.6. The van der Waals surface area contributed by atoms with Crippen LogP contribution in [0.1, 0.15) is 149 Å². The summed E-state index contributed by atoms with van der Waals surface area (Å²) in [5, 5.41) is 19.1. The van der Waals surface area contributed by atoms with E-state index in [9.17, 15) is 39.0 Å². The maximum Gasteiger partial charge on any atom is 0.341 e. The predicted octanol–water partition coefficient (Wildman–Crippen LogP) is 8.81. The molecule has 0 unspecified atom stereocenters. The smallest absolute Gasteiger partial charge is 0.341 e. The molecule has 0 spiro atoms. The predicted molar refractivity (Wildman–Crippen MR) is 252 cm³/mol. The number of carbonyl (C=O) groups excluding carboxylic acids is 2. The van der Waals surface area contributed by atoms with Crippen LogP contribution in [0.25, 0.3) is 22.5 Å². The topological polar surface area (TPSA) is 208 Å². The number of carboxylic acid groups (broad SMARTS) is 2. The third-order valence-electron chi connectivity index (χ3n) is 14.0. The van der Waals surface area contributed by atoms with Crippen molar-refractivity contribution in [3.63, 3.8) is 0 Å². The average Bonchev–Trinajstić information content (AvgIpc) is 3.80. The summed E-state index contributed by atoms with van der Waals surface area (Å²) in [5.74, 6) is -0.421. The van der Waals surface area contributed by atoms with Crippen LogP contribution in [0.3, 0.4) is 0 Å². The highest BCUT2D eigenvalue weighted by Gasteiger charge is 2.49. The Morgan fingerprint density at radius 1 is 0.603 bits per heavy atom. The molecular formula is C52H62N2O14. The Hall–Kier alpha value is -6.58. The van der Waals surface area contributed by atoms with Gasteiger partial charge in [0.25, 0.3) is 0 Å². The Kier molecular flexibility index (Phi) is 14.5. The SMILES string of the molecule is CCOC(=O)CCCOc1cc2c(cc1OC)-c1cc(=O)c(C(=O)O)cn1[C@@H]1[C@H]2CCC1(C)C.CCOC(=O)CCCOc1cc2c(cc1OC)-c1cc(=O)c(C(=O)O)cn1[C@H]1[C@@H]2CCC1(C)C. The molecule has 4 aromatic rings. The van der Waals surface area contributed by atoms with Crippen molar-refractivity contribution in [3.8, 4) is 45.5 Å².